The Morgan fingerprint density at radius 2 is 1.54 bits per heavy atom. The average molecular weight is 494 g/mol. The molecule has 35 heavy (non-hydrogen) atoms. The number of carbonyl (C=O) groups is 3. The molecular weight excluding hydrogens is 466 g/mol. The number of hydrogen-bond donors (Lipinski definition) is 2. The largest absolute Gasteiger partial charge is 0.471 e. The monoisotopic (exact) mass is 493 g/mol. The fraction of sp³-hybridized carbons (Fsp3) is 0.400. The van der Waals surface area contributed by atoms with Crippen LogP contribution >= 0.6 is 0 Å². The Kier molecular flexibility index (Phi) is 8.14. The van der Waals surface area contributed by atoms with Crippen LogP contribution in [0.2, 0.25) is 0 Å². The molecule has 2 aromatic rings. The van der Waals surface area contributed by atoms with E-state index in [1.54, 1.807) is 0 Å². The van der Waals surface area contributed by atoms with Gasteiger partial charge in [-0.25, -0.2) is 4.39 Å². The molecule has 1 heterocycles. The van der Waals surface area contributed by atoms with Crippen LogP contribution in [0.4, 0.5) is 17.6 Å². The topological polar surface area (TPSA) is 78.5 Å². The highest BCUT2D eigenvalue weighted by atomic mass is 19.4. The standard InChI is InChI=1S/C25H27F4N3O3/c1-15(2)16-8-10-18(11-9-16)22(17-6-4-3-5-7-17)31-23(34)20-12-19(26)14-32(20)21(33)13-30-24(35)25(27,28)29/h3-11,15,19-20,22H,12-14H2,1-2H3,(H,30,35)(H,31,34). The number of hydrogen-bond acceptors (Lipinski definition) is 3. The number of likely N-dealkylation sites (tertiary alicyclic amines) is 1. The van der Waals surface area contributed by atoms with Gasteiger partial charge >= 0.3 is 12.1 Å². The van der Waals surface area contributed by atoms with Gasteiger partial charge in [-0.2, -0.15) is 13.2 Å². The predicted molar refractivity (Wildman–Crippen MR) is 121 cm³/mol. The van der Waals surface area contributed by atoms with Crippen LogP contribution in [0.3, 0.4) is 0 Å². The molecule has 1 aliphatic heterocycles. The van der Waals surface area contributed by atoms with Crippen LogP contribution in [0.5, 0.6) is 0 Å². The summed E-state index contributed by atoms with van der Waals surface area (Å²) in [5.41, 5.74) is 2.66. The van der Waals surface area contributed by atoms with E-state index < -0.39 is 55.2 Å². The molecule has 0 aliphatic carbocycles. The average Bonchev–Trinajstić information content (AvgIpc) is 3.22. The van der Waals surface area contributed by atoms with Gasteiger partial charge in [0.25, 0.3) is 0 Å². The van der Waals surface area contributed by atoms with E-state index in [-0.39, 0.29) is 6.42 Å². The molecular formula is C25H27F4N3O3. The van der Waals surface area contributed by atoms with E-state index >= 15 is 0 Å². The predicted octanol–water partition coefficient (Wildman–Crippen LogP) is 3.63. The Morgan fingerprint density at radius 3 is 2.11 bits per heavy atom. The lowest BCUT2D eigenvalue weighted by molar-refractivity contribution is -0.174. The van der Waals surface area contributed by atoms with Crippen molar-refractivity contribution in [2.45, 2.75) is 50.6 Å². The fourth-order valence-electron chi connectivity index (χ4n) is 3.98. The van der Waals surface area contributed by atoms with Crippen molar-refractivity contribution in [2.75, 3.05) is 13.1 Å². The highest BCUT2D eigenvalue weighted by molar-refractivity contribution is 5.92. The Hall–Kier alpha value is -3.43. The van der Waals surface area contributed by atoms with Crippen LogP contribution in [0.25, 0.3) is 0 Å². The zero-order valence-corrected chi connectivity index (χ0v) is 19.3. The van der Waals surface area contributed by atoms with Gasteiger partial charge < -0.3 is 15.5 Å². The molecule has 188 valence electrons. The lowest BCUT2D eigenvalue weighted by Crippen LogP contribution is -2.50. The summed E-state index contributed by atoms with van der Waals surface area (Å²) in [6.07, 6.45) is -6.97. The van der Waals surface area contributed by atoms with Gasteiger partial charge in [-0.3, -0.25) is 14.4 Å². The second-order valence-corrected chi connectivity index (χ2v) is 8.75. The van der Waals surface area contributed by atoms with Crippen molar-refractivity contribution in [1.82, 2.24) is 15.5 Å². The molecule has 0 aromatic heterocycles. The van der Waals surface area contributed by atoms with E-state index in [4.69, 9.17) is 0 Å². The quantitative estimate of drug-likeness (QED) is 0.579. The maximum Gasteiger partial charge on any atom is 0.471 e. The zero-order chi connectivity index (χ0) is 25.8. The van der Waals surface area contributed by atoms with E-state index in [1.807, 2.05) is 54.6 Å². The number of nitrogens with zero attached hydrogens (tertiary/aromatic N) is 1. The molecule has 1 saturated heterocycles. The summed E-state index contributed by atoms with van der Waals surface area (Å²) in [6, 6.07) is 14.9. The summed E-state index contributed by atoms with van der Waals surface area (Å²) < 4.78 is 51.4. The summed E-state index contributed by atoms with van der Waals surface area (Å²) >= 11 is 0. The third-order valence-electron chi connectivity index (χ3n) is 5.89. The number of amides is 3. The van der Waals surface area contributed by atoms with Crippen LogP contribution < -0.4 is 10.6 Å². The minimum atomic E-state index is -5.15. The summed E-state index contributed by atoms with van der Waals surface area (Å²) in [5.74, 6) is -3.58. The van der Waals surface area contributed by atoms with Gasteiger partial charge in [0.15, 0.2) is 0 Å². The Balaban J connectivity index is 1.78. The minimum Gasteiger partial charge on any atom is -0.343 e. The number of nitrogens with one attached hydrogen (secondary N) is 2. The molecule has 3 rings (SSSR count). The highest BCUT2D eigenvalue weighted by Crippen LogP contribution is 2.27. The van der Waals surface area contributed by atoms with Crippen molar-refractivity contribution in [2.24, 2.45) is 0 Å². The molecule has 2 N–H and O–H groups in total. The lowest BCUT2D eigenvalue weighted by Gasteiger charge is -2.27. The van der Waals surface area contributed by atoms with Crippen molar-refractivity contribution < 1.29 is 31.9 Å². The number of benzene rings is 2. The van der Waals surface area contributed by atoms with Crippen LogP contribution in [0.15, 0.2) is 54.6 Å². The van der Waals surface area contributed by atoms with Crippen LogP contribution in [-0.2, 0) is 14.4 Å². The molecule has 1 fully saturated rings. The van der Waals surface area contributed by atoms with Gasteiger partial charge in [-0.15, -0.1) is 0 Å². The summed E-state index contributed by atoms with van der Waals surface area (Å²) in [4.78, 5) is 37.6. The number of halogens is 4. The van der Waals surface area contributed by atoms with Crippen LogP contribution in [0, 0.1) is 0 Å². The number of alkyl halides is 4. The van der Waals surface area contributed by atoms with Crippen molar-refractivity contribution >= 4 is 17.7 Å². The first-order valence-corrected chi connectivity index (χ1v) is 11.2. The smallest absolute Gasteiger partial charge is 0.343 e. The molecule has 0 spiro atoms. The van der Waals surface area contributed by atoms with E-state index in [0.717, 1.165) is 21.6 Å². The lowest BCUT2D eigenvalue weighted by atomic mass is 9.95. The first kappa shape index (κ1) is 26.2. The fourth-order valence-corrected chi connectivity index (χ4v) is 3.98. The highest BCUT2D eigenvalue weighted by Gasteiger charge is 2.42. The third kappa shape index (κ3) is 6.58. The Labute approximate surface area is 200 Å². The first-order chi connectivity index (χ1) is 16.5. The molecule has 3 amide bonds. The number of carbonyl (C=O) groups excluding carboxylic acids is 3. The van der Waals surface area contributed by atoms with Crippen molar-refractivity contribution in [3.8, 4) is 0 Å². The molecule has 2 aromatic carbocycles. The summed E-state index contributed by atoms with van der Waals surface area (Å²) in [6.45, 7) is 2.68. The van der Waals surface area contributed by atoms with E-state index in [9.17, 15) is 31.9 Å². The Bertz CT molecular complexity index is 1040. The SMILES string of the molecule is CC(C)c1ccc(C(NC(=O)C2CC(F)CN2C(=O)CNC(=O)C(F)(F)F)c2ccccc2)cc1. The molecule has 10 heteroatoms. The van der Waals surface area contributed by atoms with E-state index in [2.05, 4.69) is 19.2 Å². The van der Waals surface area contributed by atoms with Gasteiger partial charge in [-0.1, -0.05) is 68.4 Å². The molecule has 0 bridgehead atoms. The van der Waals surface area contributed by atoms with Gasteiger partial charge in [0.05, 0.1) is 19.1 Å². The van der Waals surface area contributed by atoms with Gasteiger partial charge in [0.2, 0.25) is 11.8 Å². The molecule has 1 aliphatic rings. The van der Waals surface area contributed by atoms with Crippen LogP contribution in [0.1, 0.15) is 48.9 Å². The van der Waals surface area contributed by atoms with E-state index in [1.165, 1.54) is 5.32 Å². The summed E-state index contributed by atoms with van der Waals surface area (Å²) in [5, 5.41) is 4.34. The second-order valence-electron chi connectivity index (χ2n) is 8.75. The molecule has 3 unspecified atom stereocenters. The Morgan fingerprint density at radius 1 is 0.971 bits per heavy atom. The normalized spacial score (nSPS) is 18.9. The summed E-state index contributed by atoms with van der Waals surface area (Å²) in [7, 11) is 0. The maximum absolute atomic E-state index is 14.2. The molecule has 6 nitrogen and oxygen atoms in total. The van der Waals surface area contributed by atoms with Gasteiger partial charge in [0.1, 0.15) is 12.2 Å². The molecule has 3 atom stereocenters. The number of rotatable bonds is 7. The van der Waals surface area contributed by atoms with Crippen molar-refractivity contribution in [1.29, 1.82) is 0 Å². The van der Waals surface area contributed by atoms with Crippen molar-refractivity contribution in [3.05, 3.63) is 71.3 Å². The second kappa shape index (κ2) is 10.9. The van der Waals surface area contributed by atoms with Crippen molar-refractivity contribution in [3.63, 3.8) is 0 Å². The maximum atomic E-state index is 14.2. The van der Waals surface area contributed by atoms with Crippen LogP contribution in [-0.4, -0.2) is 54.1 Å². The third-order valence-corrected chi connectivity index (χ3v) is 5.89. The van der Waals surface area contributed by atoms with E-state index in [0.29, 0.717) is 5.92 Å². The molecule has 0 saturated carbocycles. The zero-order valence-electron chi connectivity index (χ0n) is 19.3. The van der Waals surface area contributed by atoms with Gasteiger partial charge in [-0.05, 0) is 22.6 Å². The minimum absolute atomic E-state index is 0.293. The first-order valence-electron chi connectivity index (χ1n) is 11.2. The molecule has 0 radical (unpaired) electrons. The van der Waals surface area contributed by atoms with Gasteiger partial charge in [0, 0.05) is 6.42 Å².